The molecule has 0 spiro atoms. The topological polar surface area (TPSA) is 39.9 Å². The standard InChI is InChI=1S/C13H17N3/c1-3-12-5-4-10(2)16(12)13-6-7-15-11(8-13)9-14/h6-8,10,12H,3-5H2,1-2H3. The van der Waals surface area contributed by atoms with Gasteiger partial charge in [-0.05, 0) is 38.3 Å². The molecule has 3 heteroatoms. The maximum Gasteiger partial charge on any atom is 0.142 e. The van der Waals surface area contributed by atoms with Crippen LogP contribution in [0.5, 0.6) is 0 Å². The molecule has 2 heterocycles. The molecule has 3 nitrogen and oxygen atoms in total. The van der Waals surface area contributed by atoms with Crippen LogP contribution in [0.15, 0.2) is 18.3 Å². The summed E-state index contributed by atoms with van der Waals surface area (Å²) in [7, 11) is 0. The molecule has 16 heavy (non-hydrogen) atoms. The summed E-state index contributed by atoms with van der Waals surface area (Å²) < 4.78 is 0. The lowest BCUT2D eigenvalue weighted by atomic mass is 10.1. The molecular weight excluding hydrogens is 198 g/mol. The Labute approximate surface area is 96.7 Å². The van der Waals surface area contributed by atoms with E-state index in [9.17, 15) is 0 Å². The average molecular weight is 215 g/mol. The van der Waals surface area contributed by atoms with E-state index < -0.39 is 0 Å². The van der Waals surface area contributed by atoms with Crippen molar-refractivity contribution in [3.8, 4) is 6.07 Å². The summed E-state index contributed by atoms with van der Waals surface area (Å²) in [4.78, 5) is 6.45. The Morgan fingerprint density at radius 2 is 2.38 bits per heavy atom. The maximum atomic E-state index is 8.86. The van der Waals surface area contributed by atoms with Gasteiger partial charge in [-0.3, -0.25) is 0 Å². The molecule has 0 N–H and O–H groups in total. The zero-order valence-electron chi connectivity index (χ0n) is 9.85. The predicted molar refractivity (Wildman–Crippen MR) is 64.2 cm³/mol. The van der Waals surface area contributed by atoms with Crippen molar-refractivity contribution in [3.63, 3.8) is 0 Å². The molecular formula is C13H17N3. The zero-order valence-corrected chi connectivity index (χ0v) is 9.85. The van der Waals surface area contributed by atoms with Gasteiger partial charge >= 0.3 is 0 Å². The molecule has 1 fully saturated rings. The molecule has 0 amide bonds. The molecule has 1 aromatic rings. The van der Waals surface area contributed by atoms with Crippen LogP contribution >= 0.6 is 0 Å². The Hall–Kier alpha value is -1.56. The van der Waals surface area contributed by atoms with E-state index in [2.05, 4.69) is 29.8 Å². The molecule has 0 radical (unpaired) electrons. The van der Waals surface area contributed by atoms with E-state index in [0.717, 1.165) is 12.1 Å². The molecule has 1 aliphatic rings. The second-order valence-electron chi connectivity index (χ2n) is 4.41. The summed E-state index contributed by atoms with van der Waals surface area (Å²) in [6, 6.07) is 7.18. The lowest BCUT2D eigenvalue weighted by Crippen LogP contribution is -2.34. The Bertz CT molecular complexity index is 408. The molecule has 2 unspecified atom stereocenters. The normalized spacial score (nSPS) is 24.4. The second kappa shape index (κ2) is 4.52. The third kappa shape index (κ3) is 1.88. The second-order valence-corrected chi connectivity index (χ2v) is 4.41. The third-order valence-electron chi connectivity index (χ3n) is 3.41. The summed E-state index contributed by atoms with van der Waals surface area (Å²) in [5.74, 6) is 0. The van der Waals surface area contributed by atoms with Crippen LogP contribution in [-0.4, -0.2) is 17.1 Å². The number of nitrogens with zero attached hydrogens (tertiary/aromatic N) is 3. The minimum atomic E-state index is 0.506. The van der Waals surface area contributed by atoms with Crippen molar-refractivity contribution in [2.24, 2.45) is 0 Å². The smallest absolute Gasteiger partial charge is 0.142 e. The Balaban J connectivity index is 2.31. The SMILES string of the molecule is CCC1CCC(C)N1c1ccnc(C#N)c1. The van der Waals surface area contributed by atoms with Gasteiger partial charge in [-0.1, -0.05) is 6.92 Å². The molecule has 1 aromatic heterocycles. The van der Waals surface area contributed by atoms with Crippen molar-refractivity contribution in [2.45, 2.75) is 45.2 Å². The van der Waals surface area contributed by atoms with E-state index in [-0.39, 0.29) is 0 Å². The van der Waals surface area contributed by atoms with Gasteiger partial charge in [0.25, 0.3) is 0 Å². The number of aromatic nitrogens is 1. The van der Waals surface area contributed by atoms with Gasteiger partial charge < -0.3 is 4.90 Å². The van der Waals surface area contributed by atoms with E-state index >= 15 is 0 Å². The van der Waals surface area contributed by atoms with Crippen LogP contribution < -0.4 is 4.90 Å². The molecule has 0 aromatic carbocycles. The van der Waals surface area contributed by atoms with Gasteiger partial charge in [0.15, 0.2) is 0 Å². The van der Waals surface area contributed by atoms with Crippen molar-refractivity contribution in [1.82, 2.24) is 4.98 Å². The highest BCUT2D eigenvalue weighted by atomic mass is 15.2. The zero-order chi connectivity index (χ0) is 11.5. The van der Waals surface area contributed by atoms with Crippen molar-refractivity contribution in [3.05, 3.63) is 24.0 Å². The highest BCUT2D eigenvalue weighted by Gasteiger charge is 2.29. The van der Waals surface area contributed by atoms with E-state index in [0.29, 0.717) is 17.8 Å². The largest absolute Gasteiger partial charge is 0.366 e. The monoisotopic (exact) mass is 215 g/mol. The maximum absolute atomic E-state index is 8.86. The van der Waals surface area contributed by atoms with Crippen LogP contribution in [0.4, 0.5) is 5.69 Å². The molecule has 0 aliphatic carbocycles. The van der Waals surface area contributed by atoms with Crippen LogP contribution in [-0.2, 0) is 0 Å². The molecule has 0 saturated carbocycles. The average Bonchev–Trinajstić information content (AvgIpc) is 2.70. The first-order valence-electron chi connectivity index (χ1n) is 5.90. The van der Waals surface area contributed by atoms with Crippen molar-refractivity contribution in [1.29, 1.82) is 5.26 Å². The predicted octanol–water partition coefficient (Wildman–Crippen LogP) is 2.72. The Kier molecular flexibility index (Phi) is 3.09. The number of rotatable bonds is 2. The number of anilines is 1. The van der Waals surface area contributed by atoms with Crippen molar-refractivity contribution >= 4 is 5.69 Å². The first kappa shape index (κ1) is 10.9. The quantitative estimate of drug-likeness (QED) is 0.761. The highest BCUT2D eigenvalue weighted by Crippen LogP contribution is 2.31. The fourth-order valence-electron chi connectivity index (χ4n) is 2.58. The fraction of sp³-hybridized carbons (Fsp3) is 0.538. The summed E-state index contributed by atoms with van der Waals surface area (Å²) in [5.41, 5.74) is 1.65. The van der Waals surface area contributed by atoms with Gasteiger partial charge in [0.2, 0.25) is 0 Å². The minimum Gasteiger partial charge on any atom is -0.366 e. The van der Waals surface area contributed by atoms with E-state index in [1.165, 1.54) is 12.8 Å². The summed E-state index contributed by atoms with van der Waals surface area (Å²) in [6.45, 7) is 4.48. The Morgan fingerprint density at radius 1 is 1.56 bits per heavy atom. The number of hydrogen-bond acceptors (Lipinski definition) is 3. The lowest BCUT2D eigenvalue weighted by Gasteiger charge is -2.30. The number of pyridine rings is 1. The van der Waals surface area contributed by atoms with Crippen LogP contribution in [0.1, 0.15) is 38.8 Å². The summed E-state index contributed by atoms with van der Waals surface area (Å²) in [6.07, 6.45) is 5.38. The van der Waals surface area contributed by atoms with Gasteiger partial charge in [-0.2, -0.15) is 5.26 Å². The van der Waals surface area contributed by atoms with Gasteiger partial charge in [-0.25, -0.2) is 4.98 Å². The van der Waals surface area contributed by atoms with Gasteiger partial charge in [-0.15, -0.1) is 0 Å². The van der Waals surface area contributed by atoms with Crippen LogP contribution in [0, 0.1) is 11.3 Å². The summed E-state index contributed by atoms with van der Waals surface area (Å²) >= 11 is 0. The van der Waals surface area contributed by atoms with Gasteiger partial charge in [0.05, 0.1) is 0 Å². The molecule has 1 aliphatic heterocycles. The van der Waals surface area contributed by atoms with E-state index in [1.54, 1.807) is 6.20 Å². The van der Waals surface area contributed by atoms with Crippen molar-refractivity contribution in [2.75, 3.05) is 4.90 Å². The van der Waals surface area contributed by atoms with Crippen LogP contribution in [0.2, 0.25) is 0 Å². The van der Waals surface area contributed by atoms with E-state index in [1.807, 2.05) is 12.1 Å². The molecule has 2 rings (SSSR count). The number of hydrogen-bond donors (Lipinski definition) is 0. The molecule has 1 saturated heterocycles. The van der Waals surface area contributed by atoms with Gasteiger partial charge in [0.1, 0.15) is 11.8 Å². The van der Waals surface area contributed by atoms with Gasteiger partial charge in [0, 0.05) is 24.0 Å². The highest BCUT2D eigenvalue weighted by molar-refractivity contribution is 5.51. The van der Waals surface area contributed by atoms with Crippen molar-refractivity contribution < 1.29 is 0 Å². The minimum absolute atomic E-state index is 0.506. The third-order valence-corrected chi connectivity index (χ3v) is 3.41. The fourth-order valence-corrected chi connectivity index (χ4v) is 2.58. The molecule has 2 atom stereocenters. The molecule has 0 bridgehead atoms. The van der Waals surface area contributed by atoms with E-state index in [4.69, 9.17) is 5.26 Å². The molecule has 84 valence electrons. The lowest BCUT2D eigenvalue weighted by molar-refractivity contribution is 0.627. The summed E-state index contributed by atoms with van der Waals surface area (Å²) in [5, 5.41) is 8.86. The Morgan fingerprint density at radius 3 is 3.06 bits per heavy atom. The van der Waals surface area contributed by atoms with Crippen LogP contribution in [0.25, 0.3) is 0 Å². The first-order chi connectivity index (χ1) is 7.76. The number of nitriles is 1. The first-order valence-corrected chi connectivity index (χ1v) is 5.90. The van der Waals surface area contributed by atoms with Crippen LogP contribution in [0.3, 0.4) is 0 Å².